The highest BCUT2D eigenvalue weighted by Crippen LogP contribution is 2.33. The van der Waals surface area contributed by atoms with E-state index in [4.69, 9.17) is 0 Å². The highest BCUT2D eigenvalue weighted by atomic mass is 15.2. The van der Waals surface area contributed by atoms with Crippen LogP contribution in [0.4, 0.5) is 0 Å². The van der Waals surface area contributed by atoms with E-state index < -0.39 is 0 Å². The van der Waals surface area contributed by atoms with Gasteiger partial charge in [-0.05, 0) is 25.2 Å². The molecule has 2 heteroatoms. The van der Waals surface area contributed by atoms with Crippen molar-refractivity contribution in [3.8, 4) is 0 Å². The lowest BCUT2D eigenvalue weighted by Gasteiger charge is -2.44. The minimum absolute atomic E-state index is 0.684. The molecule has 15 heavy (non-hydrogen) atoms. The van der Waals surface area contributed by atoms with Crippen molar-refractivity contribution in [2.24, 2.45) is 11.8 Å². The molecule has 0 radical (unpaired) electrons. The van der Waals surface area contributed by atoms with E-state index in [1.54, 1.807) is 0 Å². The molecule has 0 aromatic carbocycles. The highest BCUT2D eigenvalue weighted by molar-refractivity contribution is 4.88. The summed E-state index contributed by atoms with van der Waals surface area (Å²) in [6.45, 7) is 10.9. The minimum atomic E-state index is 0.684. The maximum atomic E-state index is 3.54. The smallest absolute Gasteiger partial charge is 0.0167 e. The molecule has 4 unspecified atom stereocenters. The van der Waals surface area contributed by atoms with Crippen molar-refractivity contribution in [3.63, 3.8) is 0 Å². The van der Waals surface area contributed by atoms with Crippen molar-refractivity contribution in [1.82, 2.24) is 10.2 Å². The topological polar surface area (TPSA) is 15.3 Å². The first kappa shape index (κ1) is 11.4. The van der Waals surface area contributed by atoms with Crippen molar-refractivity contribution < 1.29 is 0 Å². The molecule has 0 aromatic heterocycles. The van der Waals surface area contributed by atoms with Gasteiger partial charge in [-0.1, -0.05) is 26.7 Å². The molecule has 0 bridgehead atoms. The zero-order chi connectivity index (χ0) is 10.8. The van der Waals surface area contributed by atoms with E-state index in [1.165, 1.54) is 38.9 Å². The molecule has 1 saturated heterocycles. The van der Waals surface area contributed by atoms with Crippen molar-refractivity contribution in [2.45, 2.75) is 52.1 Å². The van der Waals surface area contributed by atoms with E-state index in [0.29, 0.717) is 6.04 Å². The standard InChI is InChI=1S/C13H26N2/c1-10-5-4-6-13(12(10)3)15-8-7-14-11(2)9-15/h10-14H,4-9H2,1-3H3. The Morgan fingerprint density at radius 3 is 2.67 bits per heavy atom. The number of hydrogen-bond donors (Lipinski definition) is 1. The molecule has 0 aromatic rings. The first-order valence-corrected chi connectivity index (χ1v) is 6.66. The predicted octanol–water partition coefficient (Wildman–Crippen LogP) is 2.10. The molecule has 2 fully saturated rings. The summed E-state index contributed by atoms with van der Waals surface area (Å²) in [7, 11) is 0. The third kappa shape index (κ3) is 2.54. The van der Waals surface area contributed by atoms with Crippen LogP contribution in [0.3, 0.4) is 0 Å². The number of nitrogens with zero attached hydrogens (tertiary/aromatic N) is 1. The van der Waals surface area contributed by atoms with Crippen LogP contribution in [0.5, 0.6) is 0 Å². The van der Waals surface area contributed by atoms with E-state index in [-0.39, 0.29) is 0 Å². The molecule has 1 saturated carbocycles. The summed E-state index contributed by atoms with van der Waals surface area (Å²) in [6.07, 6.45) is 4.31. The van der Waals surface area contributed by atoms with Crippen LogP contribution in [0.2, 0.25) is 0 Å². The number of nitrogens with one attached hydrogen (secondary N) is 1. The minimum Gasteiger partial charge on any atom is -0.312 e. The monoisotopic (exact) mass is 210 g/mol. The number of piperazine rings is 1. The van der Waals surface area contributed by atoms with Crippen LogP contribution in [-0.4, -0.2) is 36.6 Å². The second-order valence-corrected chi connectivity index (χ2v) is 5.68. The second kappa shape index (κ2) is 4.84. The second-order valence-electron chi connectivity index (χ2n) is 5.68. The van der Waals surface area contributed by atoms with E-state index in [0.717, 1.165) is 17.9 Å². The quantitative estimate of drug-likeness (QED) is 0.713. The maximum Gasteiger partial charge on any atom is 0.0167 e. The predicted molar refractivity (Wildman–Crippen MR) is 65.0 cm³/mol. The van der Waals surface area contributed by atoms with Gasteiger partial charge in [0.15, 0.2) is 0 Å². The zero-order valence-corrected chi connectivity index (χ0v) is 10.5. The first-order valence-electron chi connectivity index (χ1n) is 6.66. The lowest BCUT2D eigenvalue weighted by atomic mass is 9.77. The summed E-state index contributed by atoms with van der Waals surface area (Å²) in [5, 5.41) is 3.54. The van der Waals surface area contributed by atoms with E-state index in [1.807, 2.05) is 0 Å². The van der Waals surface area contributed by atoms with E-state index in [2.05, 4.69) is 31.0 Å². The third-order valence-corrected chi connectivity index (χ3v) is 4.53. The Kier molecular flexibility index (Phi) is 3.68. The van der Waals surface area contributed by atoms with Gasteiger partial charge in [-0.2, -0.15) is 0 Å². The Hall–Kier alpha value is -0.0800. The molecular weight excluding hydrogens is 184 g/mol. The van der Waals surface area contributed by atoms with Gasteiger partial charge in [0, 0.05) is 31.7 Å². The van der Waals surface area contributed by atoms with E-state index >= 15 is 0 Å². The normalized spacial score (nSPS) is 44.2. The average molecular weight is 210 g/mol. The SMILES string of the molecule is CC1CN(C2CCCC(C)C2C)CCN1. The Morgan fingerprint density at radius 2 is 1.93 bits per heavy atom. The van der Waals surface area contributed by atoms with Crippen LogP contribution in [0, 0.1) is 11.8 Å². The Labute approximate surface area is 94.4 Å². The lowest BCUT2D eigenvalue weighted by Crippen LogP contribution is -2.55. The summed E-state index contributed by atoms with van der Waals surface area (Å²) < 4.78 is 0. The molecule has 2 nitrogen and oxygen atoms in total. The molecule has 2 rings (SSSR count). The van der Waals surface area contributed by atoms with Gasteiger partial charge in [-0.15, -0.1) is 0 Å². The van der Waals surface area contributed by atoms with Crippen LogP contribution in [0.25, 0.3) is 0 Å². The zero-order valence-electron chi connectivity index (χ0n) is 10.5. The Balaban J connectivity index is 1.96. The Bertz CT molecular complexity index is 205. The van der Waals surface area contributed by atoms with Gasteiger partial charge in [0.25, 0.3) is 0 Å². The summed E-state index contributed by atoms with van der Waals surface area (Å²) in [4.78, 5) is 2.74. The molecule has 2 aliphatic rings. The van der Waals surface area contributed by atoms with Gasteiger partial charge in [0.1, 0.15) is 0 Å². The van der Waals surface area contributed by atoms with Crippen molar-refractivity contribution in [2.75, 3.05) is 19.6 Å². The summed E-state index contributed by atoms with van der Waals surface area (Å²) >= 11 is 0. The largest absolute Gasteiger partial charge is 0.312 e. The number of rotatable bonds is 1. The van der Waals surface area contributed by atoms with E-state index in [9.17, 15) is 0 Å². The maximum absolute atomic E-state index is 3.54. The molecule has 1 aliphatic carbocycles. The van der Waals surface area contributed by atoms with Crippen molar-refractivity contribution >= 4 is 0 Å². The fourth-order valence-electron chi connectivity index (χ4n) is 3.33. The molecule has 0 spiro atoms. The Morgan fingerprint density at radius 1 is 1.13 bits per heavy atom. The van der Waals surface area contributed by atoms with Crippen LogP contribution < -0.4 is 5.32 Å². The molecule has 0 amide bonds. The van der Waals surface area contributed by atoms with Gasteiger partial charge >= 0.3 is 0 Å². The fourth-order valence-corrected chi connectivity index (χ4v) is 3.33. The molecule has 1 aliphatic heterocycles. The highest BCUT2D eigenvalue weighted by Gasteiger charge is 2.32. The average Bonchev–Trinajstić information content (AvgIpc) is 2.22. The van der Waals surface area contributed by atoms with Crippen molar-refractivity contribution in [3.05, 3.63) is 0 Å². The third-order valence-electron chi connectivity index (χ3n) is 4.53. The van der Waals surface area contributed by atoms with Crippen molar-refractivity contribution in [1.29, 1.82) is 0 Å². The van der Waals surface area contributed by atoms with Gasteiger partial charge in [0.2, 0.25) is 0 Å². The molecular formula is C13H26N2. The van der Waals surface area contributed by atoms with Crippen LogP contribution >= 0.6 is 0 Å². The summed E-state index contributed by atoms with van der Waals surface area (Å²) in [5.41, 5.74) is 0. The molecule has 1 N–H and O–H groups in total. The fraction of sp³-hybridized carbons (Fsp3) is 1.00. The molecule has 4 atom stereocenters. The van der Waals surface area contributed by atoms with Crippen LogP contribution in [-0.2, 0) is 0 Å². The lowest BCUT2D eigenvalue weighted by molar-refractivity contribution is 0.0599. The van der Waals surface area contributed by atoms with Gasteiger partial charge in [0.05, 0.1) is 0 Å². The first-order chi connectivity index (χ1) is 7.18. The number of hydrogen-bond acceptors (Lipinski definition) is 2. The van der Waals surface area contributed by atoms with Gasteiger partial charge < -0.3 is 5.32 Å². The van der Waals surface area contributed by atoms with Gasteiger partial charge in [-0.25, -0.2) is 0 Å². The summed E-state index contributed by atoms with van der Waals surface area (Å²) in [5.74, 6) is 1.82. The molecule has 88 valence electrons. The van der Waals surface area contributed by atoms with Gasteiger partial charge in [-0.3, -0.25) is 4.90 Å². The molecule has 1 heterocycles. The van der Waals surface area contributed by atoms with Crippen LogP contribution in [0.15, 0.2) is 0 Å². The summed E-state index contributed by atoms with van der Waals surface area (Å²) in [6, 6.07) is 1.54. The van der Waals surface area contributed by atoms with Crippen LogP contribution in [0.1, 0.15) is 40.0 Å².